The molecule has 0 saturated carbocycles. The highest BCUT2D eigenvalue weighted by atomic mass is 19.3. The number of hydrogen-bond acceptors (Lipinski definition) is 5. The van der Waals surface area contributed by atoms with Gasteiger partial charge in [0.05, 0.1) is 23.3 Å². The number of nitrogens with one attached hydrogen (secondary N) is 1. The van der Waals surface area contributed by atoms with Crippen LogP contribution in [-0.2, 0) is 13.0 Å². The van der Waals surface area contributed by atoms with Crippen LogP contribution in [0.15, 0.2) is 103 Å². The molecule has 1 saturated heterocycles. The van der Waals surface area contributed by atoms with Gasteiger partial charge in [-0.1, -0.05) is 49.0 Å². The molecule has 0 spiro atoms. The van der Waals surface area contributed by atoms with Gasteiger partial charge in [0.1, 0.15) is 0 Å². The molecule has 0 radical (unpaired) electrons. The summed E-state index contributed by atoms with van der Waals surface area (Å²) in [5, 5.41) is 3.37. The predicted molar refractivity (Wildman–Crippen MR) is 163 cm³/mol. The van der Waals surface area contributed by atoms with Crippen molar-refractivity contribution in [2.45, 2.75) is 38.7 Å². The molecular weight excluding hydrogens is 516 g/mol. The van der Waals surface area contributed by atoms with Crippen LogP contribution in [0.25, 0.3) is 11.1 Å². The summed E-state index contributed by atoms with van der Waals surface area (Å²) in [4.78, 5) is 15.7. The van der Waals surface area contributed by atoms with Crippen LogP contribution in [-0.4, -0.2) is 46.6 Å². The summed E-state index contributed by atoms with van der Waals surface area (Å²) < 4.78 is 27.1. The van der Waals surface area contributed by atoms with E-state index in [1.165, 1.54) is 5.56 Å². The lowest BCUT2D eigenvalue weighted by Gasteiger charge is -2.31. The molecule has 5 rings (SSSR count). The van der Waals surface area contributed by atoms with E-state index in [1.54, 1.807) is 7.05 Å². The number of aliphatic imine (C=N–C) groups is 1. The molecule has 7 heteroatoms. The van der Waals surface area contributed by atoms with Crippen molar-refractivity contribution in [3.8, 4) is 11.1 Å². The summed E-state index contributed by atoms with van der Waals surface area (Å²) in [6, 6.07) is 22.6. The topological polar surface area (TPSA) is 53.4 Å². The Hall–Kier alpha value is -4.23. The molecule has 0 unspecified atom stereocenters. The molecule has 1 aliphatic heterocycles. The highest BCUT2D eigenvalue weighted by Gasteiger charge is 2.33. The van der Waals surface area contributed by atoms with E-state index in [-0.39, 0.29) is 12.8 Å². The van der Waals surface area contributed by atoms with Crippen LogP contribution in [0.2, 0.25) is 0 Å². The monoisotopic (exact) mass is 551 g/mol. The van der Waals surface area contributed by atoms with E-state index in [0.717, 1.165) is 51.3 Å². The van der Waals surface area contributed by atoms with Crippen LogP contribution in [0, 0.1) is 6.92 Å². The van der Waals surface area contributed by atoms with Gasteiger partial charge in [0.25, 0.3) is 5.92 Å². The lowest BCUT2D eigenvalue weighted by Crippen LogP contribution is -2.38. The molecule has 5 nitrogen and oxygen atoms in total. The van der Waals surface area contributed by atoms with E-state index in [9.17, 15) is 8.78 Å². The fourth-order valence-electron chi connectivity index (χ4n) is 5.14. The number of rotatable bonds is 9. The number of nitrogens with zero attached hydrogens (tertiary/aromatic N) is 4. The van der Waals surface area contributed by atoms with Crippen molar-refractivity contribution in [1.29, 1.82) is 0 Å². The molecule has 0 bridgehead atoms. The second-order valence-electron chi connectivity index (χ2n) is 10.6. The molecule has 2 aromatic carbocycles. The van der Waals surface area contributed by atoms with Gasteiger partial charge in [-0.25, -0.2) is 8.78 Å². The number of hydrogen-bond donors (Lipinski definition) is 1. The number of aryl methyl sites for hydroxylation is 1. The fourth-order valence-corrected chi connectivity index (χ4v) is 5.14. The predicted octanol–water partition coefficient (Wildman–Crippen LogP) is 7.32. The molecule has 210 valence electrons. The largest absolute Gasteiger partial charge is 0.353 e. The summed E-state index contributed by atoms with van der Waals surface area (Å²) in [6.45, 7) is 7.72. The second-order valence-corrected chi connectivity index (χ2v) is 10.6. The van der Waals surface area contributed by atoms with Gasteiger partial charge >= 0.3 is 0 Å². The molecule has 0 atom stereocenters. The fraction of sp³-hybridized carbons (Fsp3) is 0.265. The van der Waals surface area contributed by atoms with Gasteiger partial charge < -0.3 is 5.32 Å². The minimum Gasteiger partial charge on any atom is -0.353 e. The third-order valence-corrected chi connectivity index (χ3v) is 7.47. The van der Waals surface area contributed by atoms with E-state index in [2.05, 4.69) is 75.1 Å². The van der Waals surface area contributed by atoms with Gasteiger partial charge in [0.2, 0.25) is 0 Å². The van der Waals surface area contributed by atoms with Crippen LogP contribution >= 0.6 is 0 Å². The average molecular weight is 552 g/mol. The number of benzene rings is 2. The number of piperidine rings is 1. The van der Waals surface area contributed by atoms with E-state index < -0.39 is 5.92 Å². The number of aromatic nitrogens is 2. The lowest BCUT2D eigenvalue weighted by molar-refractivity contribution is -0.0566. The molecular formula is C34H35F2N5. The van der Waals surface area contributed by atoms with Crippen molar-refractivity contribution in [3.63, 3.8) is 0 Å². The molecule has 1 aliphatic rings. The molecule has 4 aromatic rings. The highest BCUT2D eigenvalue weighted by Crippen LogP contribution is 2.29. The first kappa shape index (κ1) is 28.3. The maximum Gasteiger partial charge on any atom is 0.250 e. The van der Waals surface area contributed by atoms with Crippen LogP contribution in [0.3, 0.4) is 0 Å². The van der Waals surface area contributed by atoms with Crippen molar-refractivity contribution >= 4 is 11.4 Å². The van der Waals surface area contributed by atoms with Crippen molar-refractivity contribution < 1.29 is 8.78 Å². The van der Waals surface area contributed by atoms with Gasteiger partial charge in [-0.3, -0.25) is 19.9 Å². The third-order valence-electron chi connectivity index (χ3n) is 7.47. The minimum absolute atomic E-state index is 0.0909. The van der Waals surface area contributed by atoms with E-state index in [4.69, 9.17) is 0 Å². The van der Waals surface area contributed by atoms with Crippen molar-refractivity contribution in [1.82, 2.24) is 14.9 Å². The van der Waals surface area contributed by atoms with Crippen LogP contribution in [0.1, 0.15) is 40.8 Å². The Morgan fingerprint density at radius 1 is 0.951 bits per heavy atom. The summed E-state index contributed by atoms with van der Waals surface area (Å²) in [5.41, 5.74) is 9.53. The maximum atomic E-state index is 13.6. The quantitative estimate of drug-likeness (QED) is 0.222. The third kappa shape index (κ3) is 7.30. The summed E-state index contributed by atoms with van der Waals surface area (Å²) >= 11 is 0. The number of pyridine rings is 2. The molecule has 2 aromatic heterocycles. The number of allylic oxidation sites excluding steroid dienone is 1. The second kappa shape index (κ2) is 12.5. The van der Waals surface area contributed by atoms with Gasteiger partial charge in [0.15, 0.2) is 0 Å². The zero-order chi connectivity index (χ0) is 28.8. The Morgan fingerprint density at radius 3 is 2.44 bits per heavy atom. The Morgan fingerprint density at radius 2 is 1.73 bits per heavy atom. The highest BCUT2D eigenvalue weighted by molar-refractivity contribution is 6.15. The molecule has 0 aliphatic carbocycles. The van der Waals surface area contributed by atoms with Gasteiger partial charge in [0, 0.05) is 75.2 Å². The van der Waals surface area contributed by atoms with Crippen LogP contribution < -0.4 is 5.32 Å². The maximum absolute atomic E-state index is 13.6. The van der Waals surface area contributed by atoms with Crippen LogP contribution in [0.4, 0.5) is 14.5 Å². The Labute approximate surface area is 240 Å². The first-order valence-electron chi connectivity index (χ1n) is 13.9. The minimum atomic E-state index is -2.55. The van der Waals surface area contributed by atoms with Gasteiger partial charge in [-0.15, -0.1) is 0 Å². The van der Waals surface area contributed by atoms with E-state index in [0.29, 0.717) is 25.3 Å². The summed E-state index contributed by atoms with van der Waals surface area (Å²) in [5.74, 6) is -2.55. The number of alkyl halides is 2. The first-order valence-corrected chi connectivity index (χ1v) is 13.9. The van der Waals surface area contributed by atoms with Crippen molar-refractivity contribution in [3.05, 3.63) is 126 Å². The van der Waals surface area contributed by atoms with Crippen molar-refractivity contribution in [2.75, 3.05) is 25.5 Å². The Kier molecular flexibility index (Phi) is 8.64. The summed E-state index contributed by atoms with van der Waals surface area (Å²) in [6.07, 6.45) is 6.06. The Bertz CT molecular complexity index is 1520. The molecule has 1 N–H and O–H groups in total. The lowest BCUT2D eigenvalue weighted by atomic mass is 9.96. The zero-order valence-corrected chi connectivity index (χ0v) is 23.6. The summed E-state index contributed by atoms with van der Waals surface area (Å²) in [7, 11) is 1.76. The molecule has 41 heavy (non-hydrogen) atoms. The SMILES string of the molecule is C=C(Nc1ccc(Cc2ccccc2)nc1)C(=NC)c1cc(-c2cncc(CN3CCC(F)(F)CC3)c2)ccc1C. The first-order chi connectivity index (χ1) is 19.8. The number of halogens is 2. The zero-order valence-electron chi connectivity index (χ0n) is 23.6. The van der Waals surface area contributed by atoms with E-state index in [1.807, 2.05) is 48.9 Å². The number of likely N-dealkylation sites (tertiary alicyclic amines) is 1. The molecule has 1 fully saturated rings. The standard InChI is InChI=1S/C34H35F2N5/c1-24-9-10-28(29-17-27(20-38-21-29)23-41-15-13-34(35,36)14-16-41)19-32(24)33(37-3)25(2)40-31-12-11-30(39-22-31)18-26-7-5-4-6-8-26/h4-12,17,19-22,40H,2,13-16,18,23H2,1,3H3. The average Bonchev–Trinajstić information content (AvgIpc) is 2.97. The Balaban J connectivity index is 1.29. The van der Waals surface area contributed by atoms with Crippen molar-refractivity contribution in [2.24, 2.45) is 4.99 Å². The number of anilines is 1. The smallest absolute Gasteiger partial charge is 0.250 e. The molecule has 3 heterocycles. The van der Waals surface area contributed by atoms with Crippen LogP contribution in [0.5, 0.6) is 0 Å². The van der Waals surface area contributed by atoms with Gasteiger partial charge in [-0.2, -0.15) is 0 Å². The molecule has 0 amide bonds. The van der Waals surface area contributed by atoms with Gasteiger partial charge in [-0.05, 0) is 53.4 Å². The van der Waals surface area contributed by atoms with E-state index >= 15 is 0 Å². The normalized spacial score (nSPS) is 15.5.